The molecule has 0 radical (unpaired) electrons. The molecule has 1 atom stereocenters. The van der Waals surface area contributed by atoms with Crippen molar-refractivity contribution in [2.24, 2.45) is 5.92 Å². The van der Waals surface area contributed by atoms with E-state index in [1.54, 1.807) is 0 Å². The molecule has 0 aromatic carbocycles. The fourth-order valence-electron chi connectivity index (χ4n) is 2.39. The van der Waals surface area contributed by atoms with Gasteiger partial charge < -0.3 is 15.0 Å². The molecule has 4 nitrogen and oxygen atoms in total. The zero-order valence-electron chi connectivity index (χ0n) is 12.1. The monoisotopic (exact) mass is 256 g/mol. The van der Waals surface area contributed by atoms with Crippen LogP contribution < -0.4 is 5.32 Å². The van der Waals surface area contributed by atoms with Gasteiger partial charge >= 0.3 is 5.97 Å². The van der Waals surface area contributed by atoms with Gasteiger partial charge in [-0.1, -0.05) is 13.8 Å². The lowest BCUT2D eigenvalue weighted by Gasteiger charge is -2.32. The molecule has 1 saturated heterocycles. The summed E-state index contributed by atoms with van der Waals surface area (Å²) in [6.07, 6.45) is 3.61. The van der Waals surface area contributed by atoms with Crippen molar-refractivity contribution >= 4 is 5.97 Å². The number of ether oxygens (including phenoxy) is 1. The van der Waals surface area contributed by atoms with Crippen molar-refractivity contribution in [3.8, 4) is 0 Å². The van der Waals surface area contributed by atoms with Crippen molar-refractivity contribution in [3.05, 3.63) is 0 Å². The van der Waals surface area contributed by atoms with Gasteiger partial charge in [-0.15, -0.1) is 0 Å². The number of hydrogen-bond acceptors (Lipinski definition) is 4. The molecule has 0 aliphatic carbocycles. The molecule has 1 aliphatic rings. The van der Waals surface area contributed by atoms with E-state index >= 15 is 0 Å². The first kappa shape index (κ1) is 15.4. The standard InChI is InChI=1S/C14H28N2O2/c1-4-8-16-9-6-13(7-10-16)15-11-12(3)14(17)18-5-2/h12-13,15H,4-11H2,1-3H3. The van der Waals surface area contributed by atoms with Gasteiger partial charge in [0, 0.05) is 12.6 Å². The van der Waals surface area contributed by atoms with Crippen LogP contribution in [0, 0.1) is 5.92 Å². The number of nitrogens with zero attached hydrogens (tertiary/aromatic N) is 1. The summed E-state index contributed by atoms with van der Waals surface area (Å²) in [6, 6.07) is 0.565. The van der Waals surface area contributed by atoms with Crippen LogP contribution in [0.25, 0.3) is 0 Å². The van der Waals surface area contributed by atoms with Crippen LogP contribution in [0.3, 0.4) is 0 Å². The van der Waals surface area contributed by atoms with E-state index in [0.717, 1.165) is 6.54 Å². The van der Waals surface area contributed by atoms with Crippen LogP contribution in [0.5, 0.6) is 0 Å². The number of likely N-dealkylation sites (tertiary alicyclic amines) is 1. The van der Waals surface area contributed by atoms with Crippen molar-refractivity contribution in [3.63, 3.8) is 0 Å². The lowest BCUT2D eigenvalue weighted by molar-refractivity contribution is -0.147. The summed E-state index contributed by atoms with van der Waals surface area (Å²) in [5.41, 5.74) is 0. The number of hydrogen-bond donors (Lipinski definition) is 1. The summed E-state index contributed by atoms with van der Waals surface area (Å²) >= 11 is 0. The molecular formula is C14H28N2O2. The fourth-order valence-corrected chi connectivity index (χ4v) is 2.39. The maximum absolute atomic E-state index is 11.5. The van der Waals surface area contributed by atoms with Gasteiger partial charge in [0.2, 0.25) is 0 Å². The molecule has 0 spiro atoms. The van der Waals surface area contributed by atoms with Gasteiger partial charge in [-0.05, 0) is 45.8 Å². The van der Waals surface area contributed by atoms with Crippen LogP contribution in [-0.4, -0.2) is 49.7 Å². The average molecular weight is 256 g/mol. The Morgan fingerprint density at radius 1 is 1.39 bits per heavy atom. The summed E-state index contributed by atoms with van der Waals surface area (Å²) in [5, 5.41) is 3.50. The first-order chi connectivity index (χ1) is 8.67. The number of carbonyl (C=O) groups excluding carboxylic acids is 1. The summed E-state index contributed by atoms with van der Waals surface area (Å²) in [6.45, 7) is 10.8. The van der Waals surface area contributed by atoms with Gasteiger partial charge in [0.25, 0.3) is 0 Å². The van der Waals surface area contributed by atoms with E-state index in [1.165, 1.54) is 38.9 Å². The molecule has 1 fully saturated rings. The predicted octanol–water partition coefficient (Wildman–Crippen LogP) is 1.65. The largest absolute Gasteiger partial charge is 0.466 e. The van der Waals surface area contributed by atoms with E-state index in [0.29, 0.717) is 12.6 Å². The van der Waals surface area contributed by atoms with E-state index in [9.17, 15) is 4.79 Å². The molecule has 1 heterocycles. The quantitative estimate of drug-likeness (QED) is 0.703. The number of esters is 1. The zero-order valence-corrected chi connectivity index (χ0v) is 12.1. The van der Waals surface area contributed by atoms with E-state index in [1.807, 2.05) is 13.8 Å². The van der Waals surface area contributed by atoms with Crippen molar-refractivity contribution in [2.45, 2.75) is 46.1 Å². The van der Waals surface area contributed by atoms with E-state index in [-0.39, 0.29) is 11.9 Å². The highest BCUT2D eigenvalue weighted by atomic mass is 16.5. The predicted molar refractivity (Wildman–Crippen MR) is 73.6 cm³/mol. The van der Waals surface area contributed by atoms with Gasteiger partial charge in [-0.3, -0.25) is 4.79 Å². The van der Waals surface area contributed by atoms with E-state index < -0.39 is 0 Å². The van der Waals surface area contributed by atoms with E-state index in [2.05, 4.69) is 17.1 Å². The highest BCUT2D eigenvalue weighted by molar-refractivity contribution is 5.72. The fraction of sp³-hybridized carbons (Fsp3) is 0.929. The van der Waals surface area contributed by atoms with Gasteiger partial charge in [-0.25, -0.2) is 0 Å². The Balaban J connectivity index is 2.15. The Morgan fingerprint density at radius 3 is 2.61 bits per heavy atom. The van der Waals surface area contributed by atoms with Crippen molar-refractivity contribution in [2.75, 3.05) is 32.8 Å². The SMILES string of the molecule is CCCN1CCC(NCC(C)C(=O)OCC)CC1. The maximum Gasteiger partial charge on any atom is 0.309 e. The highest BCUT2D eigenvalue weighted by Crippen LogP contribution is 2.11. The molecule has 1 unspecified atom stereocenters. The lowest BCUT2D eigenvalue weighted by Crippen LogP contribution is -2.44. The molecule has 106 valence electrons. The molecule has 4 heteroatoms. The zero-order chi connectivity index (χ0) is 13.4. The first-order valence-corrected chi connectivity index (χ1v) is 7.29. The van der Waals surface area contributed by atoms with Gasteiger partial charge in [0.05, 0.1) is 12.5 Å². The lowest BCUT2D eigenvalue weighted by atomic mass is 10.0. The third-order valence-corrected chi connectivity index (χ3v) is 3.53. The van der Waals surface area contributed by atoms with Crippen LogP contribution in [0.4, 0.5) is 0 Å². The molecule has 0 aromatic heterocycles. The van der Waals surface area contributed by atoms with Gasteiger partial charge in [0.15, 0.2) is 0 Å². The maximum atomic E-state index is 11.5. The second-order valence-corrected chi connectivity index (χ2v) is 5.18. The second kappa shape index (κ2) is 8.48. The van der Waals surface area contributed by atoms with Crippen LogP contribution in [0.2, 0.25) is 0 Å². The van der Waals surface area contributed by atoms with Crippen molar-refractivity contribution in [1.82, 2.24) is 10.2 Å². The molecule has 0 bridgehead atoms. The molecule has 1 N–H and O–H groups in total. The molecule has 0 aromatic rings. The van der Waals surface area contributed by atoms with Crippen molar-refractivity contribution < 1.29 is 9.53 Å². The summed E-state index contributed by atoms with van der Waals surface area (Å²) in [4.78, 5) is 14.0. The molecular weight excluding hydrogens is 228 g/mol. The molecule has 18 heavy (non-hydrogen) atoms. The Morgan fingerprint density at radius 2 is 2.06 bits per heavy atom. The normalized spacial score (nSPS) is 19.7. The van der Waals surface area contributed by atoms with Crippen LogP contribution in [0.15, 0.2) is 0 Å². The Bertz CT molecular complexity index is 238. The third-order valence-electron chi connectivity index (χ3n) is 3.53. The minimum absolute atomic E-state index is 0.0429. The molecule has 1 aliphatic heterocycles. The third kappa shape index (κ3) is 5.36. The van der Waals surface area contributed by atoms with Crippen LogP contribution in [-0.2, 0) is 9.53 Å². The van der Waals surface area contributed by atoms with Crippen LogP contribution >= 0.6 is 0 Å². The Hall–Kier alpha value is -0.610. The molecule has 0 saturated carbocycles. The summed E-state index contributed by atoms with van der Waals surface area (Å²) < 4.78 is 5.01. The minimum Gasteiger partial charge on any atom is -0.466 e. The molecule has 1 rings (SSSR count). The van der Waals surface area contributed by atoms with Crippen LogP contribution in [0.1, 0.15) is 40.0 Å². The topological polar surface area (TPSA) is 41.6 Å². The summed E-state index contributed by atoms with van der Waals surface area (Å²) in [5.74, 6) is -0.132. The smallest absolute Gasteiger partial charge is 0.309 e. The van der Waals surface area contributed by atoms with Crippen molar-refractivity contribution in [1.29, 1.82) is 0 Å². The van der Waals surface area contributed by atoms with Gasteiger partial charge in [0.1, 0.15) is 0 Å². The summed E-state index contributed by atoms with van der Waals surface area (Å²) in [7, 11) is 0. The second-order valence-electron chi connectivity index (χ2n) is 5.18. The van der Waals surface area contributed by atoms with Gasteiger partial charge in [-0.2, -0.15) is 0 Å². The number of carbonyl (C=O) groups is 1. The molecule has 0 amide bonds. The first-order valence-electron chi connectivity index (χ1n) is 7.29. The Kier molecular flexibility index (Phi) is 7.28. The number of piperidine rings is 1. The Labute approximate surface area is 111 Å². The highest BCUT2D eigenvalue weighted by Gasteiger charge is 2.20. The number of nitrogens with one attached hydrogen (secondary N) is 1. The van der Waals surface area contributed by atoms with E-state index in [4.69, 9.17) is 4.74 Å². The number of rotatable bonds is 7. The average Bonchev–Trinajstić information content (AvgIpc) is 2.38. The minimum atomic E-state index is -0.0894.